The maximum Gasteiger partial charge on any atom is 0.123 e. The average molecular weight is 233 g/mol. The highest BCUT2D eigenvalue weighted by Crippen LogP contribution is 2.21. The van der Waals surface area contributed by atoms with Gasteiger partial charge in [-0.3, -0.25) is 0 Å². The Morgan fingerprint density at radius 2 is 1.94 bits per heavy atom. The lowest BCUT2D eigenvalue weighted by molar-refractivity contribution is 0.330. The van der Waals surface area contributed by atoms with Crippen LogP contribution in [-0.4, -0.2) is 12.6 Å². The van der Waals surface area contributed by atoms with Gasteiger partial charge in [0.05, 0.1) is 6.61 Å². The lowest BCUT2D eigenvalue weighted by Crippen LogP contribution is -2.30. The molecular formula is C15H23NO. The van der Waals surface area contributed by atoms with E-state index in [0.29, 0.717) is 6.04 Å². The van der Waals surface area contributed by atoms with Crippen LogP contribution in [0, 0.1) is 0 Å². The van der Waals surface area contributed by atoms with Gasteiger partial charge in [-0.1, -0.05) is 37.5 Å². The number of para-hydroxylation sites is 1. The summed E-state index contributed by atoms with van der Waals surface area (Å²) in [6.45, 7) is 3.70. The fourth-order valence-corrected chi connectivity index (χ4v) is 2.51. The number of rotatable bonds is 5. The zero-order chi connectivity index (χ0) is 11.9. The Kier molecular flexibility index (Phi) is 4.87. The molecule has 1 saturated carbocycles. The first-order chi connectivity index (χ1) is 8.40. The van der Waals surface area contributed by atoms with Gasteiger partial charge in [0.1, 0.15) is 5.75 Å². The van der Waals surface area contributed by atoms with Crippen molar-refractivity contribution in [3.8, 4) is 5.75 Å². The Hall–Kier alpha value is -1.02. The first-order valence-electron chi connectivity index (χ1n) is 6.84. The highest BCUT2D eigenvalue weighted by atomic mass is 16.5. The molecule has 0 unspecified atom stereocenters. The van der Waals surface area contributed by atoms with Crippen LogP contribution in [0.3, 0.4) is 0 Å². The third kappa shape index (κ3) is 3.74. The van der Waals surface area contributed by atoms with Gasteiger partial charge in [-0.15, -0.1) is 0 Å². The molecule has 94 valence electrons. The fraction of sp³-hybridized carbons (Fsp3) is 0.600. The highest BCUT2D eigenvalue weighted by Gasteiger charge is 2.13. The van der Waals surface area contributed by atoms with E-state index in [1.54, 1.807) is 0 Å². The van der Waals surface area contributed by atoms with E-state index in [1.807, 2.05) is 13.0 Å². The van der Waals surface area contributed by atoms with E-state index in [4.69, 9.17) is 4.74 Å². The van der Waals surface area contributed by atoms with Gasteiger partial charge in [-0.25, -0.2) is 0 Å². The van der Waals surface area contributed by atoms with Gasteiger partial charge in [0.15, 0.2) is 0 Å². The minimum absolute atomic E-state index is 0.707. The molecule has 2 nitrogen and oxygen atoms in total. The van der Waals surface area contributed by atoms with Crippen LogP contribution in [0.2, 0.25) is 0 Å². The number of nitrogens with one attached hydrogen (secondary N) is 1. The van der Waals surface area contributed by atoms with Crippen molar-refractivity contribution in [1.82, 2.24) is 5.32 Å². The molecule has 0 atom stereocenters. The third-order valence-electron chi connectivity index (χ3n) is 3.46. The van der Waals surface area contributed by atoms with Gasteiger partial charge in [0.25, 0.3) is 0 Å². The predicted octanol–water partition coefficient (Wildman–Crippen LogP) is 3.51. The number of hydrogen-bond acceptors (Lipinski definition) is 2. The molecule has 2 heteroatoms. The molecule has 0 heterocycles. The molecule has 17 heavy (non-hydrogen) atoms. The SMILES string of the molecule is CCOc1ccccc1CNC1CCCCC1. The van der Waals surface area contributed by atoms with E-state index in [-0.39, 0.29) is 0 Å². The summed E-state index contributed by atoms with van der Waals surface area (Å²) < 4.78 is 5.64. The maximum absolute atomic E-state index is 5.64. The predicted molar refractivity (Wildman–Crippen MR) is 71.3 cm³/mol. The Bertz CT molecular complexity index is 331. The Balaban J connectivity index is 1.88. The second-order valence-corrected chi connectivity index (χ2v) is 4.76. The minimum atomic E-state index is 0.707. The summed E-state index contributed by atoms with van der Waals surface area (Å²) in [6.07, 6.45) is 6.83. The zero-order valence-corrected chi connectivity index (χ0v) is 10.7. The van der Waals surface area contributed by atoms with Gasteiger partial charge in [0.2, 0.25) is 0 Å². The van der Waals surface area contributed by atoms with E-state index < -0.39 is 0 Å². The molecule has 1 aromatic rings. The average Bonchev–Trinajstić information content (AvgIpc) is 2.39. The summed E-state index contributed by atoms with van der Waals surface area (Å²) in [5, 5.41) is 3.66. The standard InChI is InChI=1S/C15H23NO/c1-2-17-15-11-7-6-8-13(15)12-16-14-9-4-3-5-10-14/h6-8,11,14,16H,2-5,9-10,12H2,1H3. The van der Waals surface area contributed by atoms with Crippen LogP contribution in [0.4, 0.5) is 0 Å². The van der Waals surface area contributed by atoms with Crippen molar-refractivity contribution in [3.63, 3.8) is 0 Å². The van der Waals surface area contributed by atoms with Crippen molar-refractivity contribution in [1.29, 1.82) is 0 Å². The van der Waals surface area contributed by atoms with Crippen molar-refractivity contribution in [2.75, 3.05) is 6.61 Å². The smallest absolute Gasteiger partial charge is 0.123 e. The number of hydrogen-bond donors (Lipinski definition) is 1. The van der Waals surface area contributed by atoms with Gasteiger partial charge in [0, 0.05) is 18.2 Å². The van der Waals surface area contributed by atoms with Gasteiger partial charge >= 0.3 is 0 Å². The van der Waals surface area contributed by atoms with Gasteiger partial charge in [-0.05, 0) is 25.8 Å². The Labute approximate surface area is 104 Å². The van der Waals surface area contributed by atoms with Crippen LogP contribution in [-0.2, 0) is 6.54 Å². The molecule has 0 radical (unpaired) electrons. The first-order valence-corrected chi connectivity index (χ1v) is 6.84. The molecular weight excluding hydrogens is 210 g/mol. The van der Waals surface area contributed by atoms with Crippen LogP contribution in [0.5, 0.6) is 5.75 Å². The number of benzene rings is 1. The lowest BCUT2D eigenvalue weighted by atomic mass is 9.95. The van der Waals surface area contributed by atoms with Crippen LogP contribution in [0.25, 0.3) is 0 Å². The van der Waals surface area contributed by atoms with E-state index in [0.717, 1.165) is 18.9 Å². The van der Waals surface area contributed by atoms with Crippen LogP contribution >= 0.6 is 0 Å². The zero-order valence-electron chi connectivity index (χ0n) is 10.7. The number of ether oxygens (including phenoxy) is 1. The summed E-state index contributed by atoms with van der Waals surface area (Å²) >= 11 is 0. The molecule has 1 aromatic carbocycles. The van der Waals surface area contributed by atoms with Crippen LogP contribution in [0.1, 0.15) is 44.6 Å². The topological polar surface area (TPSA) is 21.3 Å². The molecule has 0 saturated heterocycles. The van der Waals surface area contributed by atoms with E-state index >= 15 is 0 Å². The molecule has 0 spiro atoms. The molecule has 1 fully saturated rings. The second kappa shape index (κ2) is 6.65. The molecule has 0 amide bonds. The molecule has 1 aliphatic rings. The summed E-state index contributed by atoms with van der Waals surface area (Å²) in [7, 11) is 0. The van der Waals surface area contributed by atoms with Crippen molar-refractivity contribution >= 4 is 0 Å². The van der Waals surface area contributed by atoms with Crippen LogP contribution < -0.4 is 10.1 Å². The van der Waals surface area contributed by atoms with Gasteiger partial charge < -0.3 is 10.1 Å². The molecule has 1 aliphatic carbocycles. The normalized spacial score (nSPS) is 17.0. The van der Waals surface area contributed by atoms with Crippen molar-refractivity contribution in [3.05, 3.63) is 29.8 Å². The largest absolute Gasteiger partial charge is 0.494 e. The summed E-state index contributed by atoms with van der Waals surface area (Å²) in [5.41, 5.74) is 1.28. The maximum atomic E-state index is 5.64. The van der Waals surface area contributed by atoms with Crippen molar-refractivity contribution < 1.29 is 4.74 Å². The minimum Gasteiger partial charge on any atom is -0.494 e. The molecule has 2 rings (SSSR count). The lowest BCUT2D eigenvalue weighted by Gasteiger charge is -2.23. The Morgan fingerprint density at radius 1 is 1.18 bits per heavy atom. The highest BCUT2D eigenvalue weighted by molar-refractivity contribution is 5.33. The van der Waals surface area contributed by atoms with E-state index in [2.05, 4.69) is 23.5 Å². The molecule has 1 N–H and O–H groups in total. The van der Waals surface area contributed by atoms with Crippen molar-refractivity contribution in [2.45, 2.75) is 51.6 Å². The quantitative estimate of drug-likeness (QED) is 0.840. The molecule has 0 bridgehead atoms. The van der Waals surface area contributed by atoms with Crippen LogP contribution in [0.15, 0.2) is 24.3 Å². The summed E-state index contributed by atoms with van der Waals surface area (Å²) in [5.74, 6) is 1.03. The van der Waals surface area contributed by atoms with Crippen molar-refractivity contribution in [2.24, 2.45) is 0 Å². The van der Waals surface area contributed by atoms with Gasteiger partial charge in [-0.2, -0.15) is 0 Å². The first kappa shape index (κ1) is 12.4. The third-order valence-corrected chi connectivity index (χ3v) is 3.46. The summed E-state index contributed by atoms with van der Waals surface area (Å²) in [4.78, 5) is 0. The van der Waals surface area contributed by atoms with E-state index in [9.17, 15) is 0 Å². The Morgan fingerprint density at radius 3 is 2.71 bits per heavy atom. The van der Waals surface area contributed by atoms with E-state index in [1.165, 1.54) is 37.7 Å². The molecule has 0 aromatic heterocycles. The summed E-state index contributed by atoms with van der Waals surface area (Å²) in [6, 6.07) is 9.04. The fourth-order valence-electron chi connectivity index (χ4n) is 2.51. The monoisotopic (exact) mass is 233 g/mol. The second-order valence-electron chi connectivity index (χ2n) is 4.76. The molecule has 0 aliphatic heterocycles.